The van der Waals surface area contributed by atoms with Gasteiger partial charge in [-0.05, 0) is 93.5 Å². The quantitative estimate of drug-likeness (QED) is 0.839. The number of rotatable bonds is 2. The first-order chi connectivity index (χ1) is 10.7. The zero-order valence-corrected chi connectivity index (χ0v) is 15.1. The van der Waals surface area contributed by atoms with Crippen molar-refractivity contribution in [3.8, 4) is 0 Å². The molecule has 3 nitrogen and oxygen atoms in total. The lowest BCUT2D eigenvalue weighted by Crippen LogP contribution is -2.56. The Bertz CT molecular complexity index is 460. The zero-order valence-electron chi connectivity index (χ0n) is 14.3. The van der Waals surface area contributed by atoms with Crippen molar-refractivity contribution in [3.05, 3.63) is 0 Å². The Morgan fingerprint density at radius 1 is 1.00 bits per heavy atom. The predicted octanol–water partition coefficient (Wildman–Crippen LogP) is 3.08. The molecule has 0 radical (unpaired) electrons. The largest absolute Gasteiger partial charge is 0.342 e. The van der Waals surface area contributed by atoms with Crippen molar-refractivity contribution in [3.63, 3.8) is 0 Å². The van der Waals surface area contributed by atoms with Crippen molar-refractivity contribution in [1.29, 1.82) is 0 Å². The number of hydrogen-bond acceptors (Lipinski definition) is 2. The van der Waals surface area contributed by atoms with E-state index in [4.69, 9.17) is 0 Å². The number of nitrogens with one attached hydrogen (secondary N) is 1. The summed E-state index contributed by atoms with van der Waals surface area (Å²) >= 11 is 0. The summed E-state index contributed by atoms with van der Waals surface area (Å²) < 4.78 is 0. The van der Waals surface area contributed by atoms with E-state index in [-0.39, 0.29) is 12.4 Å². The Morgan fingerprint density at radius 2 is 1.57 bits per heavy atom. The maximum Gasteiger partial charge on any atom is 0.226 e. The smallest absolute Gasteiger partial charge is 0.226 e. The lowest BCUT2D eigenvalue weighted by molar-refractivity contribution is -0.143. The molecule has 130 valence electrons. The number of carbonyl (C=O) groups excluding carboxylic acids is 1. The van der Waals surface area contributed by atoms with Crippen LogP contribution in [-0.4, -0.2) is 37.0 Å². The number of halogens is 1. The van der Waals surface area contributed by atoms with E-state index in [9.17, 15) is 4.79 Å². The minimum Gasteiger partial charge on any atom is -0.342 e. The second-order valence-electron chi connectivity index (χ2n) is 9.24. The third-order valence-corrected chi connectivity index (χ3v) is 8.06. The van der Waals surface area contributed by atoms with E-state index in [1.54, 1.807) is 0 Å². The van der Waals surface area contributed by atoms with Gasteiger partial charge < -0.3 is 10.2 Å². The van der Waals surface area contributed by atoms with E-state index in [1.807, 2.05) is 0 Å². The molecule has 1 spiro atoms. The van der Waals surface area contributed by atoms with Gasteiger partial charge in [-0.15, -0.1) is 12.4 Å². The molecular formula is C19H31ClN2O. The summed E-state index contributed by atoms with van der Waals surface area (Å²) in [6.07, 6.45) is 10.8. The van der Waals surface area contributed by atoms with Gasteiger partial charge in [0.25, 0.3) is 0 Å². The molecule has 1 saturated heterocycles. The fourth-order valence-electron chi connectivity index (χ4n) is 7.10. The molecule has 1 atom stereocenters. The highest BCUT2D eigenvalue weighted by Gasteiger charge is 2.60. The number of hydrogen-bond donors (Lipinski definition) is 1. The Hall–Kier alpha value is -0.280. The van der Waals surface area contributed by atoms with Gasteiger partial charge in [0.05, 0.1) is 0 Å². The standard InChI is InChI=1S/C19H30N2O.ClH/c1-21(18(22)16-11-19(16)2-4-20-5-3-19)17-14-7-12-6-13(9-14)10-15(17)8-12;/h12-17,20H,2-11H2,1H3;1H. The highest BCUT2D eigenvalue weighted by molar-refractivity contribution is 5.85. The molecule has 0 aromatic rings. The summed E-state index contributed by atoms with van der Waals surface area (Å²) in [6, 6.07) is 0.583. The molecule has 5 aliphatic carbocycles. The van der Waals surface area contributed by atoms with Gasteiger partial charge in [0.2, 0.25) is 5.91 Å². The van der Waals surface area contributed by atoms with Crippen LogP contribution in [0.15, 0.2) is 0 Å². The molecule has 0 aromatic carbocycles. The van der Waals surface area contributed by atoms with Crippen LogP contribution in [0.3, 0.4) is 0 Å². The summed E-state index contributed by atoms with van der Waals surface area (Å²) in [7, 11) is 2.14. The van der Waals surface area contributed by atoms with Gasteiger partial charge in [-0.25, -0.2) is 0 Å². The van der Waals surface area contributed by atoms with Gasteiger partial charge in [-0.2, -0.15) is 0 Å². The average molecular weight is 339 g/mol. The van der Waals surface area contributed by atoms with Gasteiger partial charge in [-0.1, -0.05) is 0 Å². The first-order valence-electron chi connectivity index (χ1n) is 9.64. The van der Waals surface area contributed by atoms with Crippen LogP contribution in [0.25, 0.3) is 0 Å². The second kappa shape index (κ2) is 5.62. The van der Waals surface area contributed by atoms with Crippen molar-refractivity contribution in [2.75, 3.05) is 20.1 Å². The van der Waals surface area contributed by atoms with E-state index in [1.165, 1.54) is 51.4 Å². The molecule has 4 heteroatoms. The topological polar surface area (TPSA) is 32.3 Å². The summed E-state index contributed by atoms with van der Waals surface area (Å²) in [4.78, 5) is 15.4. The highest BCUT2D eigenvalue weighted by atomic mass is 35.5. The van der Waals surface area contributed by atoms with Crippen LogP contribution >= 0.6 is 12.4 Å². The molecule has 0 aromatic heterocycles. The SMILES string of the molecule is CN(C(=O)C1CC12CCNCC2)C1C2CC3CC(C2)CC1C3.Cl. The van der Waals surface area contributed by atoms with Crippen LogP contribution < -0.4 is 5.32 Å². The molecule has 6 fully saturated rings. The summed E-state index contributed by atoms with van der Waals surface area (Å²) in [6.45, 7) is 2.23. The zero-order chi connectivity index (χ0) is 14.9. The predicted molar refractivity (Wildman–Crippen MR) is 93.5 cm³/mol. The number of amides is 1. The van der Waals surface area contributed by atoms with Crippen molar-refractivity contribution >= 4 is 18.3 Å². The monoisotopic (exact) mass is 338 g/mol. The first-order valence-corrected chi connectivity index (χ1v) is 9.64. The van der Waals surface area contributed by atoms with Crippen LogP contribution in [0, 0.1) is 35.0 Å². The normalized spacial score (nSPS) is 45.6. The van der Waals surface area contributed by atoms with Gasteiger partial charge in [0, 0.05) is 19.0 Å². The van der Waals surface area contributed by atoms with Gasteiger partial charge >= 0.3 is 0 Å². The highest BCUT2D eigenvalue weighted by Crippen LogP contribution is 2.60. The molecule has 1 heterocycles. The summed E-state index contributed by atoms with van der Waals surface area (Å²) in [5.74, 6) is 4.51. The van der Waals surface area contributed by atoms with Crippen molar-refractivity contribution in [1.82, 2.24) is 10.2 Å². The average Bonchev–Trinajstić information content (AvgIpc) is 3.19. The lowest BCUT2D eigenvalue weighted by atomic mass is 9.54. The maximum absolute atomic E-state index is 13.1. The molecule has 1 N–H and O–H groups in total. The Labute approximate surface area is 146 Å². The van der Waals surface area contributed by atoms with Crippen LogP contribution in [0.5, 0.6) is 0 Å². The van der Waals surface area contributed by atoms with Crippen LogP contribution in [-0.2, 0) is 4.79 Å². The molecule has 1 amide bonds. The number of piperidine rings is 1. The summed E-state index contributed by atoms with van der Waals surface area (Å²) in [5.41, 5.74) is 0.391. The van der Waals surface area contributed by atoms with Gasteiger partial charge in [0.1, 0.15) is 0 Å². The molecule has 6 aliphatic rings. The van der Waals surface area contributed by atoms with E-state index in [0.717, 1.165) is 36.8 Å². The number of nitrogens with zero attached hydrogens (tertiary/aromatic N) is 1. The van der Waals surface area contributed by atoms with Gasteiger partial charge in [-0.3, -0.25) is 4.79 Å². The Balaban J connectivity index is 0.00000135. The fourth-order valence-corrected chi connectivity index (χ4v) is 7.10. The minimum absolute atomic E-state index is 0. The molecule has 23 heavy (non-hydrogen) atoms. The minimum atomic E-state index is 0. The van der Waals surface area contributed by atoms with Crippen molar-refractivity contribution < 1.29 is 4.79 Å². The first kappa shape index (κ1) is 16.2. The summed E-state index contributed by atoms with van der Waals surface area (Å²) in [5, 5.41) is 3.45. The maximum atomic E-state index is 13.1. The van der Waals surface area contributed by atoms with Crippen molar-refractivity contribution in [2.24, 2.45) is 35.0 Å². The third kappa shape index (κ3) is 2.45. The molecule has 5 saturated carbocycles. The van der Waals surface area contributed by atoms with E-state index < -0.39 is 0 Å². The molecule has 1 aliphatic heterocycles. The number of carbonyl (C=O) groups is 1. The molecule has 4 bridgehead atoms. The Kier molecular flexibility index (Phi) is 3.96. The van der Waals surface area contributed by atoms with E-state index in [2.05, 4.69) is 17.3 Å². The lowest BCUT2D eigenvalue weighted by Gasteiger charge is -2.56. The molecule has 6 rings (SSSR count). The molecular weight excluding hydrogens is 308 g/mol. The van der Waals surface area contributed by atoms with Gasteiger partial charge in [0.15, 0.2) is 0 Å². The van der Waals surface area contributed by atoms with Crippen LogP contribution in [0.1, 0.15) is 51.4 Å². The van der Waals surface area contributed by atoms with E-state index >= 15 is 0 Å². The fraction of sp³-hybridized carbons (Fsp3) is 0.947. The molecule has 1 unspecified atom stereocenters. The Morgan fingerprint density at radius 3 is 2.13 bits per heavy atom. The van der Waals surface area contributed by atoms with Crippen LogP contribution in [0.4, 0.5) is 0 Å². The second-order valence-corrected chi connectivity index (χ2v) is 9.24. The van der Waals surface area contributed by atoms with Crippen molar-refractivity contribution in [2.45, 2.75) is 57.4 Å². The van der Waals surface area contributed by atoms with E-state index in [0.29, 0.717) is 23.3 Å². The third-order valence-electron chi connectivity index (χ3n) is 8.06. The van der Waals surface area contributed by atoms with Crippen LogP contribution in [0.2, 0.25) is 0 Å².